The Bertz CT molecular complexity index is 768. The van der Waals surface area contributed by atoms with E-state index in [1.165, 1.54) is 0 Å². The molecule has 1 unspecified atom stereocenters. The summed E-state index contributed by atoms with van der Waals surface area (Å²) in [7, 11) is 0.0785. The van der Waals surface area contributed by atoms with Gasteiger partial charge in [0.05, 0.1) is 0 Å². The molecule has 0 aliphatic carbocycles. The molecule has 0 bridgehead atoms. The summed E-state index contributed by atoms with van der Waals surface area (Å²) in [6.07, 6.45) is 0. The molecule has 1 heterocycles. The minimum Gasteiger partial charge on any atom is -0.360 e. The summed E-state index contributed by atoms with van der Waals surface area (Å²) < 4.78 is 32.6. The molecule has 2 rings (SSSR count). The molecule has 8 heteroatoms. The van der Waals surface area contributed by atoms with Crippen LogP contribution in [0.25, 0.3) is 0 Å². The molecule has 0 fully saturated rings. The lowest BCUT2D eigenvalue weighted by Crippen LogP contribution is -2.34. The van der Waals surface area contributed by atoms with Gasteiger partial charge in [0.1, 0.15) is 10.6 Å². The van der Waals surface area contributed by atoms with Gasteiger partial charge in [-0.3, -0.25) is 0 Å². The maximum Gasteiger partial charge on any atom is 0.246 e. The monoisotopic (exact) mass is 357 g/mol. The first-order valence-corrected chi connectivity index (χ1v) is 8.93. The van der Waals surface area contributed by atoms with Gasteiger partial charge in [-0.1, -0.05) is 28.9 Å². The van der Waals surface area contributed by atoms with Gasteiger partial charge in [0.2, 0.25) is 10.0 Å². The second-order valence-electron chi connectivity index (χ2n) is 5.54. The number of hydrogen-bond donors (Lipinski definition) is 1. The van der Waals surface area contributed by atoms with Crippen LogP contribution in [0.4, 0.5) is 0 Å². The Labute approximate surface area is 141 Å². The molecule has 0 saturated carbocycles. The van der Waals surface area contributed by atoms with E-state index in [0.717, 1.165) is 5.56 Å². The van der Waals surface area contributed by atoms with Gasteiger partial charge >= 0.3 is 0 Å². The van der Waals surface area contributed by atoms with Crippen molar-refractivity contribution in [3.05, 3.63) is 46.3 Å². The van der Waals surface area contributed by atoms with Crippen LogP contribution >= 0.6 is 11.6 Å². The Balaban J connectivity index is 2.22. The van der Waals surface area contributed by atoms with Crippen LogP contribution in [0.2, 0.25) is 5.02 Å². The van der Waals surface area contributed by atoms with Gasteiger partial charge in [-0.2, -0.15) is 0 Å². The molecule has 1 aromatic carbocycles. The van der Waals surface area contributed by atoms with Gasteiger partial charge in [-0.05, 0) is 45.6 Å². The number of nitrogens with one attached hydrogen (secondary N) is 1. The molecule has 1 atom stereocenters. The highest BCUT2D eigenvalue weighted by Crippen LogP contribution is 2.23. The molecule has 0 aliphatic heterocycles. The fraction of sp³-hybridized carbons (Fsp3) is 0.400. The van der Waals surface area contributed by atoms with Crippen molar-refractivity contribution in [2.45, 2.75) is 24.8 Å². The average molecular weight is 358 g/mol. The summed E-state index contributed by atoms with van der Waals surface area (Å²) in [6.45, 7) is 3.39. The lowest BCUT2D eigenvalue weighted by molar-refractivity contribution is 0.299. The van der Waals surface area contributed by atoms with Crippen LogP contribution in [0, 0.1) is 13.8 Å². The van der Waals surface area contributed by atoms with E-state index in [2.05, 4.69) is 9.88 Å². The number of nitrogens with zero attached hydrogens (tertiary/aromatic N) is 2. The second kappa shape index (κ2) is 7.00. The van der Waals surface area contributed by atoms with E-state index in [0.29, 0.717) is 10.7 Å². The van der Waals surface area contributed by atoms with E-state index in [1.807, 2.05) is 37.2 Å². The largest absolute Gasteiger partial charge is 0.360 e. The zero-order valence-electron chi connectivity index (χ0n) is 13.5. The first kappa shape index (κ1) is 17.9. The third-order valence-corrected chi connectivity index (χ3v) is 5.46. The van der Waals surface area contributed by atoms with Crippen molar-refractivity contribution in [1.82, 2.24) is 14.8 Å². The van der Waals surface area contributed by atoms with E-state index in [1.54, 1.807) is 19.9 Å². The smallest absolute Gasteiger partial charge is 0.246 e. The Morgan fingerprint density at radius 1 is 1.35 bits per heavy atom. The highest BCUT2D eigenvalue weighted by molar-refractivity contribution is 7.89. The van der Waals surface area contributed by atoms with E-state index in [-0.39, 0.29) is 23.2 Å². The third-order valence-electron chi connectivity index (χ3n) is 3.56. The van der Waals surface area contributed by atoms with Crippen molar-refractivity contribution >= 4 is 21.6 Å². The predicted molar refractivity (Wildman–Crippen MR) is 89.0 cm³/mol. The molecule has 0 aliphatic rings. The van der Waals surface area contributed by atoms with Crippen molar-refractivity contribution in [2.75, 3.05) is 20.6 Å². The molecule has 6 nitrogen and oxygen atoms in total. The molecule has 126 valence electrons. The van der Waals surface area contributed by atoms with Crippen LogP contribution in [-0.4, -0.2) is 39.1 Å². The van der Waals surface area contributed by atoms with Crippen LogP contribution in [0.1, 0.15) is 23.1 Å². The van der Waals surface area contributed by atoms with Crippen LogP contribution in [0.5, 0.6) is 0 Å². The molecule has 23 heavy (non-hydrogen) atoms. The number of hydrogen-bond acceptors (Lipinski definition) is 5. The van der Waals surface area contributed by atoms with Gasteiger partial charge < -0.3 is 9.42 Å². The SMILES string of the molecule is Cc1noc(C)c1S(=O)(=O)NCC(c1cccc(Cl)c1)N(C)C. The molecule has 1 aromatic heterocycles. The Morgan fingerprint density at radius 3 is 2.57 bits per heavy atom. The van der Waals surface area contributed by atoms with Gasteiger partial charge in [-0.25, -0.2) is 13.1 Å². The number of likely N-dealkylation sites (N-methyl/N-ethyl adjacent to an activating group) is 1. The third kappa shape index (κ3) is 4.11. The Morgan fingerprint density at radius 2 is 2.04 bits per heavy atom. The number of halogens is 1. The Hall–Kier alpha value is -1.41. The summed E-state index contributed by atoms with van der Waals surface area (Å²) in [5, 5.41) is 4.31. The number of sulfonamides is 1. The van der Waals surface area contributed by atoms with Crippen molar-refractivity contribution in [1.29, 1.82) is 0 Å². The topological polar surface area (TPSA) is 75.4 Å². The zero-order chi connectivity index (χ0) is 17.2. The molecule has 0 radical (unpaired) electrons. The quantitative estimate of drug-likeness (QED) is 0.859. The minimum atomic E-state index is -3.69. The summed E-state index contributed by atoms with van der Waals surface area (Å²) in [5.74, 6) is 0.277. The van der Waals surface area contributed by atoms with E-state index in [4.69, 9.17) is 16.1 Å². The van der Waals surface area contributed by atoms with Crippen LogP contribution < -0.4 is 4.72 Å². The summed E-state index contributed by atoms with van der Waals surface area (Å²) in [4.78, 5) is 2.03. The number of benzene rings is 1. The molecule has 0 amide bonds. The summed E-state index contributed by atoms with van der Waals surface area (Å²) in [6, 6.07) is 7.23. The van der Waals surface area contributed by atoms with Crippen LogP contribution in [0.15, 0.2) is 33.7 Å². The zero-order valence-corrected chi connectivity index (χ0v) is 15.1. The summed E-state index contributed by atoms with van der Waals surface area (Å²) in [5.41, 5.74) is 1.28. The molecular weight excluding hydrogens is 338 g/mol. The van der Waals surface area contributed by atoms with E-state index >= 15 is 0 Å². The highest BCUT2D eigenvalue weighted by atomic mass is 35.5. The average Bonchev–Trinajstić information content (AvgIpc) is 2.78. The van der Waals surface area contributed by atoms with Crippen LogP contribution in [0.3, 0.4) is 0 Å². The minimum absolute atomic E-state index is 0.0982. The van der Waals surface area contributed by atoms with E-state index < -0.39 is 10.0 Å². The lowest BCUT2D eigenvalue weighted by atomic mass is 10.1. The van der Waals surface area contributed by atoms with Crippen molar-refractivity contribution in [3.8, 4) is 0 Å². The molecule has 1 N–H and O–H groups in total. The van der Waals surface area contributed by atoms with Crippen molar-refractivity contribution in [2.24, 2.45) is 0 Å². The normalized spacial score (nSPS) is 13.5. The molecule has 0 spiro atoms. The van der Waals surface area contributed by atoms with Gasteiger partial charge in [0.15, 0.2) is 5.76 Å². The first-order valence-electron chi connectivity index (χ1n) is 7.07. The fourth-order valence-corrected chi connectivity index (χ4v) is 3.99. The summed E-state index contributed by atoms with van der Waals surface area (Å²) >= 11 is 6.03. The first-order chi connectivity index (χ1) is 10.7. The number of aryl methyl sites for hydroxylation is 2. The number of aromatic nitrogens is 1. The molecule has 0 saturated heterocycles. The van der Waals surface area contributed by atoms with Gasteiger partial charge in [-0.15, -0.1) is 0 Å². The predicted octanol–water partition coefficient (Wildman–Crippen LogP) is 2.53. The van der Waals surface area contributed by atoms with Crippen molar-refractivity contribution < 1.29 is 12.9 Å². The second-order valence-corrected chi connectivity index (χ2v) is 7.68. The standard InChI is InChI=1S/C15H20ClN3O3S/c1-10-15(11(2)22-18-10)23(20,21)17-9-14(19(3)4)12-6-5-7-13(16)8-12/h5-8,14,17H,9H2,1-4H3. The fourth-order valence-electron chi connectivity index (χ4n) is 2.43. The maximum absolute atomic E-state index is 12.5. The Kier molecular flexibility index (Phi) is 5.46. The lowest BCUT2D eigenvalue weighted by Gasteiger charge is -2.25. The molecular formula is C15H20ClN3O3S. The van der Waals surface area contributed by atoms with Gasteiger partial charge in [0.25, 0.3) is 0 Å². The number of rotatable bonds is 6. The van der Waals surface area contributed by atoms with E-state index in [9.17, 15) is 8.42 Å². The van der Waals surface area contributed by atoms with Crippen LogP contribution in [-0.2, 0) is 10.0 Å². The van der Waals surface area contributed by atoms with Crippen molar-refractivity contribution in [3.63, 3.8) is 0 Å². The molecule has 2 aromatic rings. The maximum atomic E-state index is 12.5. The van der Waals surface area contributed by atoms with Gasteiger partial charge in [0, 0.05) is 17.6 Å². The highest BCUT2D eigenvalue weighted by Gasteiger charge is 2.26.